The molecule has 4 rings (SSSR count). The first-order valence-electron chi connectivity index (χ1n) is 10.8. The van der Waals surface area contributed by atoms with Crippen LogP contribution in [0.3, 0.4) is 0 Å². The fraction of sp³-hybridized carbons (Fsp3) is 0.417. The molecule has 2 aromatic carbocycles. The van der Waals surface area contributed by atoms with Crippen molar-refractivity contribution in [1.29, 1.82) is 0 Å². The number of hydrogen-bond donors (Lipinski definition) is 0. The molecule has 0 aromatic heterocycles. The van der Waals surface area contributed by atoms with Gasteiger partial charge >= 0.3 is 0 Å². The van der Waals surface area contributed by atoms with E-state index in [2.05, 4.69) is 17.0 Å². The third-order valence-corrected chi connectivity index (χ3v) is 6.37. The van der Waals surface area contributed by atoms with Crippen LogP contribution in [0.5, 0.6) is 5.75 Å². The molecule has 0 unspecified atom stereocenters. The molecule has 2 aliphatic heterocycles. The fourth-order valence-electron chi connectivity index (χ4n) is 4.49. The summed E-state index contributed by atoms with van der Waals surface area (Å²) < 4.78 is 5.35. The number of ether oxygens (including phenoxy) is 1. The largest absolute Gasteiger partial charge is 0.496 e. The molecule has 31 heavy (non-hydrogen) atoms. The Hall–Kier alpha value is -2.57. The zero-order valence-electron chi connectivity index (χ0n) is 17.8. The van der Waals surface area contributed by atoms with E-state index in [0.717, 1.165) is 31.5 Å². The van der Waals surface area contributed by atoms with Crippen LogP contribution >= 0.6 is 11.6 Å². The molecular formula is C24H28ClN3O3. The molecule has 0 spiro atoms. The summed E-state index contributed by atoms with van der Waals surface area (Å²) in [5.41, 5.74) is 1.67. The Labute approximate surface area is 188 Å². The van der Waals surface area contributed by atoms with Crippen molar-refractivity contribution in [2.45, 2.75) is 25.4 Å². The molecule has 1 atom stereocenters. The molecule has 2 saturated heterocycles. The van der Waals surface area contributed by atoms with Crippen LogP contribution in [-0.4, -0.2) is 72.4 Å². The van der Waals surface area contributed by atoms with Crippen LogP contribution in [0.2, 0.25) is 5.02 Å². The number of methoxy groups -OCH3 is 1. The van der Waals surface area contributed by atoms with E-state index in [1.54, 1.807) is 25.3 Å². The normalized spacial score (nSPS) is 20.1. The molecule has 2 heterocycles. The van der Waals surface area contributed by atoms with Gasteiger partial charge in [0.25, 0.3) is 5.91 Å². The lowest BCUT2D eigenvalue weighted by Gasteiger charge is -2.27. The lowest BCUT2D eigenvalue weighted by atomic mass is 10.1. The van der Waals surface area contributed by atoms with Gasteiger partial charge in [0.05, 0.1) is 18.7 Å². The van der Waals surface area contributed by atoms with Crippen molar-refractivity contribution < 1.29 is 14.3 Å². The first-order chi connectivity index (χ1) is 15.1. The van der Waals surface area contributed by atoms with Gasteiger partial charge < -0.3 is 14.5 Å². The quantitative estimate of drug-likeness (QED) is 0.714. The zero-order chi connectivity index (χ0) is 21.8. The summed E-state index contributed by atoms with van der Waals surface area (Å²) in [5.74, 6) is 0.628. The van der Waals surface area contributed by atoms with Gasteiger partial charge in [0.1, 0.15) is 5.75 Å². The monoisotopic (exact) mass is 441 g/mol. The van der Waals surface area contributed by atoms with Crippen molar-refractivity contribution in [2.24, 2.45) is 0 Å². The van der Waals surface area contributed by atoms with Gasteiger partial charge in [0.2, 0.25) is 5.91 Å². The second-order valence-corrected chi connectivity index (χ2v) is 8.51. The minimum Gasteiger partial charge on any atom is -0.496 e. The zero-order valence-corrected chi connectivity index (χ0v) is 18.6. The molecule has 164 valence electrons. The summed E-state index contributed by atoms with van der Waals surface area (Å²) in [5, 5.41) is 0.537. The van der Waals surface area contributed by atoms with Gasteiger partial charge in [0.15, 0.2) is 0 Å². The molecule has 0 N–H and O–H groups in total. The van der Waals surface area contributed by atoms with E-state index < -0.39 is 0 Å². The lowest BCUT2D eigenvalue weighted by molar-refractivity contribution is -0.132. The van der Waals surface area contributed by atoms with E-state index in [1.165, 1.54) is 0 Å². The van der Waals surface area contributed by atoms with Crippen molar-refractivity contribution in [3.8, 4) is 5.75 Å². The standard InChI is InChI=1S/C24H28ClN3O3/c1-31-22-16-19(25)8-9-20(22)23(29)27-12-5-11-26(14-15-27)21-10-13-28(24(21)30)17-18-6-3-2-4-7-18/h2-4,6-9,16,21H,5,10-15,17H2,1H3/t21-/m1/s1. The van der Waals surface area contributed by atoms with Crippen molar-refractivity contribution >= 4 is 23.4 Å². The van der Waals surface area contributed by atoms with Crippen LogP contribution in [0.4, 0.5) is 0 Å². The molecule has 2 aromatic rings. The Morgan fingerprint density at radius 3 is 2.65 bits per heavy atom. The van der Waals surface area contributed by atoms with Crippen LogP contribution in [0, 0.1) is 0 Å². The maximum Gasteiger partial charge on any atom is 0.257 e. The number of amides is 2. The molecule has 0 bridgehead atoms. The summed E-state index contributed by atoms with van der Waals surface area (Å²) in [6.07, 6.45) is 1.68. The summed E-state index contributed by atoms with van der Waals surface area (Å²) >= 11 is 6.03. The minimum atomic E-state index is -0.0937. The number of carbonyl (C=O) groups excluding carboxylic acids is 2. The van der Waals surface area contributed by atoms with Crippen LogP contribution in [-0.2, 0) is 11.3 Å². The summed E-state index contributed by atoms with van der Waals surface area (Å²) in [6, 6.07) is 15.1. The minimum absolute atomic E-state index is 0.0566. The van der Waals surface area contributed by atoms with E-state index >= 15 is 0 Å². The second-order valence-electron chi connectivity index (χ2n) is 8.08. The summed E-state index contributed by atoms with van der Waals surface area (Å²) in [6.45, 7) is 4.20. The number of halogens is 1. The van der Waals surface area contributed by atoms with Crippen LogP contribution in [0.15, 0.2) is 48.5 Å². The Morgan fingerprint density at radius 1 is 1.06 bits per heavy atom. The predicted octanol–water partition coefficient (Wildman–Crippen LogP) is 3.30. The highest BCUT2D eigenvalue weighted by Gasteiger charge is 2.36. The third kappa shape index (κ3) is 4.86. The number of carbonyl (C=O) groups is 2. The average Bonchev–Trinajstić information content (AvgIpc) is 2.99. The molecule has 2 amide bonds. The van der Waals surface area contributed by atoms with E-state index in [4.69, 9.17) is 16.3 Å². The van der Waals surface area contributed by atoms with Gasteiger partial charge in [-0.2, -0.15) is 0 Å². The smallest absolute Gasteiger partial charge is 0.257 e. The number of hydrogen-bond acceptors (Lipinski definition) is 4. The molecule has 0 saturated carbocycles. The Morgan fingerprint density at radius 2 is 1.87 bits per heavy atom. The van der Waals surface area contributed by atoms with Crippen molar-refractivity contribution in [3.05, 3.63) is 64.7 Å². The Kier molecular flexibility index (Phi) is 6.78. The van der Waals surface area contributed by atoms with Gasteiger partial charge in [-0.15, -0.1) is 0 Å². The van der Waals surface area contributed by atoms with Gasteiger partial charge in [0, 0.05) is 44.3 Å². The molecule has 2 aliphatic rings. The molecular weight excluding hydrogens is 414 g/mol. The van der Waals surface area contributed by atoms with Crippen molar-refractivity contribution in [2.75, 3.05) is 39.8 Å². The van der Waals surface area contributed by atoms with Gasteiger partial charge in [-0.1, -0.05) is 41.9 Å². The third-order valence-electron chi connectivity index (χ3n) is 6.14. The summed E-state index contributed by atoms with van der Waals surface area (Å²) in [7, 11) is 1.54. The number of rotatable bonds is 5. The SMILES string of the molecule is COc1cc(Cl)ccc1C(=O)N1CCCN([C@@H]2CCN(Cc3ccccc3)C2=O)CC1. The maximum atomic E-state index is 13.1. The molecule has 6 nitrogen and oxygen atoms in total. The van der Waals surface area contributed by atoms with Crippen LogP contribution < -0.4 is 4.74 Å². The first kappa shape index (κ1) is 21.7. The van der Waals surface area contributed by atoms with Crippen LogP contribution in [0.1, 0.15) is 28.8 Å². The fourth-order valence-corrected chi connectivity index (χ4v) is 4.65. The predicted molar refractivity (Wildman–Crippen MR) is 120 cm³/mol. The van der Waals surface area contributed by atoms with E-state index in [-0.39, 0.29) is 17.9 Å². The highest BCUT2D eigenvalue weighted by atomic mass is 35.5. The highest BCUT2D eigenvalue weighted by Crippen LogP contribution is 2.26. The number of nitrogens with zero attached hydrogens (tertiary/aromatic N) is 3. The Bertz CT molecular complexity index is 937. The van der Waals surface area contributed by atoms with E-state index in [0.29, 0.717) is 42.5 Å². The Balaban J connectivity index is 1.38. The van der Waals surface area contributed by atoms with Gasteiger partial charge in [-0.25, -0.2) is 0 Å². The highest BCUT2D eigenvalue weighted by molar-refractivity contribution is 6.30. The molecule has 2 fully saturated rings. The number of benzene rings is 2. The van der Waals surface area contributed by atoms with Crippen molar-refractivity contribution in [3.63, 3.8) is 0 Å². The van der Waals surface area contributed by atoms with Gasteiger partial charge in [-0.05, 0) is 36.6 Å². The molecule has 7 heteroatoms. The summed E-state index contributed by atoms with van der Waals surface area (Å²) in [4.78, 5) is 32.2. The number of likely N-dealkylation sites (tertiary alicyclic amines) is 1. The second kappa shape index (κ2) is 9.71. The topological polar surface area (TPSA) is 53.1 Å². The average molecular weight is 442 g/mol. The lowest BCUT2D eigenvalue weighted by Crippen LogP contribution is -2.44. The van der Waals surface area contributed by atoms with Crippen LogP contribution in [0.25, 0.3) is 0 Å². The first-order valence-corrected chi connectivity index (χ1v) is 11.1. The molecule has 0 radical (unpaired) electrons. The maximum absolute atomic E-state index is 13.1. The van der Waals surface area contributed by atoms with E-state index in [9.17, 15) is 9.59 Å². The van der Waals surface area contributed by atoms with Gasteiger partial charge in [-0.3, -0.25) is 14.5 Å². The van der Waals surface area contributed by atoms with Crippen molar-refractivity contribution in [1.82, 2.24) is 14.7 Å². The van der Waals surface area contributed by atoms with E-state index in [1.807, 2.05) is 28.0 Å². The molecule has 0 aliphatic carbocycles.